The van der Waals surface area contributed by atoms with E-state index in [0.717, 1.165) is 28.0 Å². The Kier molecular flexibility index (Phi) is 6.84. The van der Waals surface area contributed by atoms with E-state index in [2.05, 4.69) is 15.3 Å². The minimum absolute atomic E-state index is 0.182. The number of guanidine groups is 1. The van der Waals surface area contributed by atoms with Gasteiger partial charge in [-0.2, -0.15) is 13.2 Å². The van der Waals surface area contributed by atoms with Crippen LogP contribution in [-0.4, -0.2) is 36.5 Å². The smallest absolute Gasteiger partial charge is 0.434 e. The van der Waals surface area contributed by atoms with Crippen LogP contribution in [0.25, 0.3) is 0 Å². The Labute approximate surface area is 154 Å². The Morgan fingerprint density at radius 1 is 1.31 bits per heavy atom. The van der Waals surface area contributed by atoms with Crippen LogP contribution >= 0.6 is 11.3 Å². The topological polar surface area (TPSA) is 49.8 Å². The normalized spacial score (nSPS) is 12.2. The van der Waals surface area contributed by atoms with E-state index >= 15 is 0 Å². The molecule has 9 heteroatoms. The molecule has 0 fully saturated rings. The van der Waals surface area contributed by atoms with Gasteiger partial charge in [-0.1, -0.05) is 12.1 Å². The number of thiazole rings is 1. The highest BCUT2D eigenvalue weighted by Gasteiger charge is 2.33. The molecule has 0 spiro atoms. The van der Waals surface area contributed by atoms with Gasteiger partial charge in [-0.3, -0.25) is 4.99 Å². The molecular weight excluding hydrogens is 365 g/mol. The fourth-order valence-corrected chi connectivity index (χ4v) is 3.01. The number of hydrogen-bond donors (Lipinski definition) is 1. The average Bonchev–Trinajstić information content (AvgIpc) is 3.07. The Morgan fingerprint density at radius 2 is 2.00 bits per heavy atom. The number of aromatic nitrogens is 1. The molecule has 1 N–H and O–H groups in total. The second-order valence-corrected chi connectivity index (χ2v) is 6.40. The van der Waals surface area contributed by atoms with Gasteiger partial charge in [0.2, 0.25) is 0 Å². The van der Waals surface area contributed by atoms with Gasteiger partial charge >= 0.3 is 6.18 Å². The van der Waals surface area contributed by atoms with E-state index < -0.39 is 11.9 Å². The quantitative estimate of drug-likeness (QED) is 0.607. The van der Waals surface area contributed by atoms with Crippen molar-refractivity contribution in [3.63, 3.8) is 0 Å². The first-order valence-corrected chi connectivity index (χ1v) is 8.86. The van der Waals surface area contributed by atoms with Gasteiger partial charge in [0, 0.05) is 26.0 Å². The Balaban J connectivity index is 1.92. The van der Waals surface area contributed by atoms with Gasteiger partial charge in [0.05, 0.1) is 13.2 Å². The fraction of sp³-hybridized carbons (Fsp3) is 0.412. The first-order valence-electron chi connectivity index (χ1n) is 7.98. The van der Waals surface area contributed by atoms with Crippen LogP contribution in [0.2, 0.25) is 0 Å². The van der Waals surface area contributed by atoms with E-state index in [1.165, 1.54) is 0 Å². The van der Waals surface area contributed by atoms with E-state index in [4.69, 9.17) is 4.74 Å². The molecule has 0 aliphatic heterocycles. The van der Waals surface area contributed by atoms with Crippen LogP contribution in [0.4, 0.5) is 13.2 Å². The Bertz CT molecular complexity index is 728. The van der Waals surface area contributed by atoms with E-state index in [9.17, 15) is 13.2 Å². The van der Waals surface area contributed by atoms with Crippen molar-refractivity contribution >= 4 is 17.3 Å². The molecule has 5 nitrogen and oxygen atoms in total. The highest BCUT2D eigenvalue weighted by Crippen LogP contribution is 2.29. The average molecular weight is 386 g/mol. The molecule has 0 bridgehead atoms. The monoisotopic (exact) mass is 386 g/mol. The minimum Gasteiger partial charge on any atom is -0.494 e. The van der Waals surface area contributed by atoms with Crippen molar-refractivity contribution in [2.24, 2.45) is 4.99 Å². The second kappa shape index (κ2) is 8.88. The van der Waals surface area contributed by atoms with Gasteiger partial charge in [-0.15, -0.1) is 11.3 Å². The van der Waals surface area contributed by atoms with E-state index in [-0.39, 0.29) is 6.54 Å². The highest BCUT2D eigenvalue weighted by atomic mass is 32.1. The molecule has 0 saturated heterocycles. The lowest BCUT2D eigenvalue weighted by Gasteiger charge is -2.22. The molecule has 0 atom stereocenters. The number of nitrogens with one attached hydrogen (secondary N) is 1. The SMILES string of the molecule is CCOc1ccc(CN(C)C(=NC)NCc2nc(C(F)(F)F)cs2)cc1. The minimum atomic E-state index is -4.42. The molecule has 2 aromatic rings. The molecule has 1 aromatic carbocycles. The van der Waals surface area contributed by atoms with E-state index in [1.807, 2.05) is 43.1 Å². The molecule has 2 rings (SSSR count). The summed E-state index contributed by atoms with van der Waals surface area (Å²) >= 11 is 0.970. The number of alkyl halides is 3. The summed E-state index contributed by atoms with van der Waals surface area (Å²) in [5.74, 6) is 1.38. The van der Waals surface area contributed by atoms with E-state index in [1.54, 1.807) is 7.05 Å². The zero-order valence-electron chi connectivity index (χ0n) is 14.8. The van der Waals surface area contributed by atoms with Gasteiger partial charge in [-0.05, 0) is 24.6 Å². The van der Waals surface area contributed by atoms with Crippen LogP contribution in [0.1, 0.15) is 23.2 Å². The molecule has 0 radical (unpaired) electrons. The maximum Gasteiger partial charge on any atom is 0.434 e. The summed E-state index contributed by atoms with van der Waals surface area (Å²) in [4.78, 5) is 9.65. The number of aliphatic imine (C=N–C) groups is 1. The Hall–Kier alpha value is -2.29. The molecule has 0 saturated carbocycles. The van der Waals surface area contributed by atoms with Gasteiger partial charge in [0.1, 0.15) is 10.8 Å². The van der Waals surface area contributed by atoms with Crippen molar-refractivity contribution in [3.8, 4) is 5.75 Å². The van der Waals surface area contributed by atoms with Crippen molar-refractivity contribution < 1.29 is 17.9 Å². The summed E-state index contributed by atoms with van der Waals surface area (Å²) < 4.78 is 43.2. The molecule has 26 heavy (non-hydrogen) atoms. The zero-order valence-corrected chi connectivity index (χ0v) is 15.6. The summed E-state index contributed by atoms with van der Waals surface area (Å²) in [5, 5.41) is 4.41. The third kappa shape index (κ3) is 5.62. The number of nitrogens with zero attached hydrogens (tertiary/aromatic N) is 3. The summed E-state index contributed by atoms with van der Waals surface area (Å²) in [7, 11) is 3.48. The van der Waals surface area contributed by atoms with Gasteiger partial charge in [-0.25, -0.2) is 4.98 Å². The van der Waals surface area contributed by atoms with Crippen LogP contribution in [0.15, 0.2) is 34.6 Å². The van der Waals surface area contributed by atoms with Crippen molar-refractivity contribution in [3.05, 3.63) is 45.9 Å². The van der Waals surface area contributed by atoms with Crippen molar-refractivity contribution in [2.45, 2.75) is 26.2 Å². The van der Waals surface area contributed by atoms with Crippen molar-refractivity contribution in [2.75, 3.05) is 20.7 Å². The summed E-state index contributed by atoms with van der Waals surface area (Å²) in [5.41, 5.74) is 0.199. The standard InChI is InChI=1S/C17H21F3N4OS/c1-4-25-13-7-5-12(6-8-13)10-24(3)16(21-2)22-9-15-23-14(11-26-15)17(18,19)20/h5-8,11H,4,9-10H2,1-3H3,(H,21,22). The number of halogens is 3. The summed E-state index contributed by atoms with van der Waals surface area (Å²) in [6, 6.07) is 7.73. The van der Waals surface area contributed by atoms with Gasteiger partial charge in [0.15, 0.2) is 11.7 Å². The summed E-state index contributed by atoms with van der Waals surface area (Å²) in [6.07, 6.45) is -4.42. The summed E-state index contributed by atoms with van der Waals surface area (Å²) in [6.45, 7) is 3.32. The first kappa shape index (κ1) is 20.0. The second-order valence-electron chi connectivity index (χ2n) is 5.46. The van der Waals surface area contributed by atoms with E-state index in [0.29, 0.717) is 24.1 Å². The van der Waals surface area contributed by atoms with Crippen LogP contribution in [0, 0.1) is 0 Å². The number of hydrogen-bond acceptors (Lipinski definition) is 4. The number of benzene rings is 1. The molecule has 0 aliphatic carbocycles. The maximum absolute atomic E-state index is 12.6. The molecule has 0 amide bonds. The fourth-order valence-electron chi connectivity index (χ4n) is 2.27. The molecule has 1 aromatic heterocycles. The number of rotatable bonds is 6. The molecular formula is C17H21F3N4OS. The lowest BCUT2D eigenvalue weighted by atomic mass is 10.2. The van der Waals surface area contributed by atoms with Crippen molar-refractivity contribution in [1.82, 2.24) is 15.2 Å². The van der Waals surface area contributed by atoms with Crippen LogP contribution < -0.4 is 10.1 Å². The third-order valence-corrected chi connectivity index (χ3v) is 4.32. The molecule has 0 unspecified atom stereocenters. The zero-order chi connectivity index (χ0) is 19.2. The van der Waals surface area contributed by atoms with Gasteiger partial charge in [0.25, 0.3) is 0 Å². The largest absolute Gasteiger partial charge is 0.494 e. The predicted molar refractivity (Wildman–Crippen MR) is 96.4 cm³/mol. The maximum atomic E-state index is 12.6. The first-order chi connectivity index (χ1) is 12.3. The predicted octanol–water partition coefficient (Wildman–Crippen LogP) is 3.77. The lowest BCUT2D eigenvalue weighted by Crippen LogP contribution is -2.38. The number of ether oxygens (including phenoxy) is 1. The van der Waals surface area contributed by atoms with Gasteiger partial charge < -0.3 is 15.0 Å². The third-order valence-electron chi connectivity index (χ3n) is 3.47. The van der Waals surface area contributed by atoms with Crippen LogP contribution in [0.5, 0.6) is 5.75 Å². The molecule has 1 heterocycles. The molecule has 142 valence electrons. The van der Waals surface area contributed by atoms with Crippen LogP contribution in [-0.2, 0) is 19.3 Å². The highest BCUT2D eigenvalue weighted by molar-refractivity contribution is 7.09. The van der Waals surface area contributed by atoms with Crippen molar-refractivity contribution in [1.29, 1.82) is 0 Å². The lowest BCUT2D eigenvalue weighted by molar-refractivity contribution is -0.140. The van der Waals surface area contributed by atoms with Crippen LogP contribution in [0.3, 0.4) is 0 Å². The Morgan fingerprint density at radius 3 is 2.54 bits per heavy atom. The molecule has 0 aliphatic rings.